The molecule has 0 fully saturated rings. The zero-order valence-electron chi connectivity index (χ0n) is 10.8. The summed E-state index contributed by atoms with van der Waals surface area (Å²) >= 11 is 6.27. The van der Waals surface area contributed by atoms with E-state index in [1.165, 1.54) is 0 Å². The van der Waals surface area contributed by atoms with E-state index in [9.17, 15) is 0 Å². The van der Waals surface area contributed by atoms with Crippen molar-refractivity contribution in [3.8, 4) is 11.4 Å². The third-order valence-corrected chi connectivity index (χ3v) is 3.56. The van der Waals surface area contributed by atoms with Gasteiger partial charge in [-0.3, -0.25) is 4.68 Å². The van der Waals surface area contributed by atoms with Gasteiger partial charge in [-0.05, 0) is 19.1 Å². The Morgan fingerprint density at radius 3 is 2.79 bits per heavy atom. The van der Waals surface area contributed by atoms with Crippen molar-refractivity contribution in [2.45, 2.75) is 13.5 Å². The number of fused-ring (bicyclic) bond motifs is 1. The fourth-order valence-electron chi connectivity index (χ4n) is 2.27. The van der Waals surface area contributed by atoms with Crippen molar-refractivity contribution in [3.05, 3.63) is 29.4 Å². The highest BCUT2D eigenvalue weighted by molar-refractivity contribution is 6.35. The van der Waals surface area contributed by atoms with Gasteiger partial charge in [0.15, 0.2) is 0 Å². The van der Waals surface area contributed by atoms with Gasteiger partial charge in [-0.1, -0.05) is 17.7 Å². The molecule has 5 nitrogen and oxygen atoms in total. The lowest BCUT2D eigenvalue weighted by atomic mass is 10.3. The average molecular weight is 276 g/mol. The van der Waals surface area contributed by atoms with Gasteiger partial charge in [0.05, 0.1) is 27.8 Å². The van der Waals surface area contributed by atoms with Crippen molar-refractivity contribution in [3.63, 3.8) is 0 Å². The summed E-state index contributed by atoms with van der Waals surface area (Å²) in [5.74, 6) is 1.40. The molecule has 0 saturated carbocycles. The number of nitrogens with two attached hydrogens (primary N) is 1. The third kappa shape index (κ3) is 1.69. The number of para-hydroxylation sites is 1. The Hall–Kier alpha value is -2.01. The fraction of sp³-hybridized carbons (Fsp3) is 0.231. The van der Waals surface area contributed by atoms with Crippen LogP contribution in [0.5, 0.6) is 0 Å². The van der Waals surface area contributed by atoms with E-state index in [2.05, 4.69) is 21.6 Å². The van der Waals surface area contributed by atoms with Crippen LogP contribution in [-0.2, 0) is 13.6 Å². The highest BCUT2D eigenvalue weighted by Crippen LogP contribution is 2.31. The van der Waals surface area contributed by atoms with Gasteiger partial charge in [0, 0.05) is 13.6 Å². The maximum Gasteiger partial charge on any atom is 0.146 e. The quantitative estimate of drug-likeness (QED) is 0.782. The molecule has 0 amide bonds. The summed E-state index contributed by atoms with van der Waals surface area (Å²) in [6.45, 7) is 2.82. The second-order valence-electron chi connectivity index (χ2n) is 4.35. The van der Waals surface area contributed by atoms with Gasteiger partial charge in [0.2, 0.25) is 0 Å². The third-order valence-electron chi connectivity index (χ3n) is 3.26. The first-order chi connectivity index (χ1) is 9.13. The summed E-state index contributed by atoms with van der Waals surface area (Å²) in [6.07, 6.45) is 1.73. The van der Waals surface area contributed by atoms with E-state index in [0.717, 1.165) is 29.0 Å². The molecule has 2 aromatic heterocycles. The van der Waals surface area contributed by atoms with E-state index in [1.54, 1.807) is 10.9 Å². The summed E-state index contributed by atoms with van der Waals surface area (Å²) in [7, 11) is 1.81. The van der Waals surface area contributed by atoms with Gasteiger partial charge in [0.1, 0.15) is 11.6 Å². The van der Waals surface area contributed by atoms with E-state index in [-0.39, 0.29) is 0 Å². The first-order valence-electron chi connectivity index (χ1n) is 6.06. The molecule has 2 N–H and O–H groups in total. The van der Waals surface area contributed by atoms with Crippen molar-refractivity contribution < 1.29 is 0 Å². The maximum absolute atomic E-state index is 6.27. The second-order valence-corrected chi connectivity index (χ2v) is 4.76. The minimum absolute atomic E-state index is 0.598. The van der Waals surface area contributed by atoms with Crippen molar-refractivity contribution in [2.24, 2.45) is 7.05 Å². The zero-order chi connectivity index (χ0) is 13.6. The van der Waals surface area contributed by atoms with Gasteiger partial charge in [-0.2, -0.15) is 5.10 Å². The summed E-state index contributed by atoms with van der Waals surface area (Å²) in [5, 5.41) is 4.86. The molecular formula is C13H14ClN5. The molecule has 0 aliphatic rings. The molecule has 3 rings (SSSR count). The zero-order valence-corrected chi connectivity index (χ0v) is 11.5. The van der Waals surface area contributed by atoms with Crippen LogP contribution in [-0.4, -0.2) is 19.3 Å². The molecular weight excluding hydrogens is 262 g/mol. The highest BCUT2D eigenvalue weighted by atomic mass is 35.5. The normalized spacial score (nSPS) is 11.3. The second kappa shape index (κ2) is 4.28. The molecule has 0 aliphatic heterocycles. The van der Waals surface area contributed by atoms with Crippen LogP contribution in [0.3, 0.4) is 0 Å². The summed E-state index contributed by atoms with van der Waals surface area (Å²) < 4.78 is 3.70. The predicted molar refractivity (Wildman–Crippen MR) is 77.0 cm³/mol. The average Bonchev–Trinajstić information content (AvgIpc) is 2.92. The summed E-state index contributed by atoms with van der Waals surface area (Å²) in [4.78, 5) is 4.63. The number of aromatic nitrogens is 4. The van der Waals surface area contributed by atoms with Crippen molar-refractivity contribution in [2.75, 3.05) is 5.73 Å². The van der Waals surface area contributed by atoms with Crippen LogP contribution in [0.4, 0.5) is 5.82 Å². The molecule has 0 saturated heterocycles. The molecule has 1 aromatic carbocycles. The number of anilines is 1. The van der Waals surface area contributed by atoms with Gasteiger partial charge in [-0.25, -0.2) is 4.98 Å². The fourth-order valence-corrected chi connectivity index (χ4v) is 2.55. The topological polar surface area (TPSA) is 61.7 Å². The van der Waals surface area contributed by atoms with Gasteiger partial charge < -0.3 is 10.3 Å². The number of imidazole rings is 1. The molecule has 19 heavy (non-hydrogen) atoms. The van der Waals surface area contributed by atoms with Crippen molar-refractivity contribution in [1.29, 1.82) is 0 Å². The van der Waals surface area contributed by atoms with E-state index in [0.29, 0.717) is 10.8 Å². The number of nitrogen functional groups attached to an aromatic ring is 1. The Balaban J connectivity index is 2.36. The van der Waals surface area contributed by atoms with Crippen molar-refractivity contribution in [1.82, 2.24) is 19.3 Å². The summed E-state index contributed by atoms with van der Waals surface area (Å²) in [5.41, 5.74) is 8.67. The maximum atomic E-state index is 6.27. The molecule has 0 radical (unpaired) electrons. The molecule has 2 heterocycles. The SMILES string of the molecule is CCn1c(-c2cnn(C)c2N)nc2cccc(Cl)c21. The smallest absolute Gasteiger partial charge is 0.146 e. The Bertz CT molecular complexity index is 756. The molecule has 0 atom stereocenters. The molecule has 98 valence electrons. The van der Waals surface area contributed by atoms with E-state index in [1.807, 2.05) is 25.2 Å². The van der Waals surface area contributed by atoms with Gasteiger partial charge >= 0.3 is 0 Å². The van der Waals surface area contributed by atoms with Crippen LogP contribution < -0.4 is 5.73 Å². The van der Waals surface area contributed by atoms with Crippen LogP contribution >= 0.6 is 11.6 Å². The number of rotatable bonds is 2. The Labute approximate surface area is 115 Å². The lowest BCUT2D eigenvalue weighted by Gasteiger charge is -2.06. The number of aryl methyl sites for hydroxylation is 2. The minimum atomic E-state index is 0.598. The van der Waals surface area contributed by atoms with Crippen LogP contribution in [0.1, 0.15) is 6.92 Å². The van der Waals surface area contributed by atoms with E-state index in [4.69, 9.17) is 17.3 Å². The molecule has 0 unspecified atom stereocenters. The first-order valence-corrected chi connectivity index (χ1v) is 6.44. The molecule has 0 bridgehead atoms. The number of hydrogen-bond acceptors (Lipinski definition) is 3. The Morgan fingerprint density at radius 1 is 1.37 bits per heavy atom. The summed E-state index contributed by atoms with van der Waals surface area (Å²) in [6, 6.07) is 5.71. The molecule has 0 aliphatic carbocycles. The number of nitrogens with zero attached hydrogens (tertiary/aromatic N) is 4. The number of benzene rings is 1. The van der Waals surface area contributed by atoms with Gasteiger partial charge in [-0.15, -0.1) is 0 Å². The van der Waals surface area contributed by atoms with E-state index >= 15 is 0 Å². The van der Waals surface area contributed by atoms with Crippen molar-refractivity contribution >= 4 is 28.5 Å². The monoisotopic (exact) mass is 275 g/mol. The first kappa shape index (κ1) is 12.0. The molecule has 0 spiro atoms. The molecule has 6 heteroatoms. The lowest BCUT2D eigenvalue weighted by Crippen LogP contribution is -2.01. The van der Waals surface area contributed by atoms with Crippen LogP contribution in [0, 0.1) is 0 Å². The van der Waals surface area contributed by atoms with Crippen LogP contribution in [0.15, 0.2) is 24.4 Å². The lowest BCUT2D eigenvalue weighted by molar-refractivity contribution is 0.778. The Morgan fingerprint density at radius 2 is 2.16 bits per heavy atom. The standard InChI is InChI=1S/C13H14ClN5/c1-3-19-11-9(14)5-4-6-10(11)17-13(19)8-7-16-18(2)12(8)15/h4-7H,3,15H2,1-2H3. The van der Waals surface area contributed by atoms with Crippen LogP contribution in [0.25, 0.3) is 22.4 Å². The molecule has 3 aromatic rings. The van der Waals surface area contributed by atoms with Gasteiger partial charge in [0.25, 0.3) is 0 Å². The predicted octanol–water partition coefficient (Wildman–Crippen LogP) is 2.69. The Kier molecular flexibility index (Phi) is 2.71. The van der Waals surface area contributed by atoms with E-state index < -0.39 is 0 Å². The number of hydrogen-bond donors (Lipinski definition) is 1. The minimum Gasteiger partial charge on any atom is -0.383 e. The highest BCUT2D eigenvalue weighted by Gasteiger charge is 2.17. The number of halogens is 1. The largest absolute Gasteiger partial charge is 0.383 e. The van der Waals surface area contributed by atoms with Crippen LogP contribution in [0.2, 0.25) is 5.02 Å².